The Bertz CT molecular complexity index is 200. The van der Waals surface area contributed by atoms with Crippen molar-refractivity contribution in [2.24, 2.45) is 0 Å². The van der Waals surface area contributed by atoms with Crippen molar-refractivity contribution in [2.75, 3.05) is 26.7 Å². The second-order valence-electron chi connectivity index (χ2n) is 4.15. The molecule has 2 fully saturated rings. The number of methoxy groups -OCH3 is 1. The van der Waals surface area contributed by atoms with Gasteiger partial charge in [0.25, 0.3) is 0 Å². The molecular formula is C13H28N2O3. The van der Waals surface area contributed by atoms with Crippen LogP contribution in [0.3, 0.4) is 0 Å². The third kappa shape index (κ3) is 7.63. The van der Waals surface area contributed by atoms with Gasteiger partial charge in [0.1, 0.15) is 6.04 Å². The van der Waals surface area contributed by atoms with Crippen LogP contribution >= 0.6 is 0 Å². The maximum absolute atomic E-state index is 10.7. The summed E-state index contributed by atoms with van der Waals surface area (Å²) in [5, 5.41) is 15.1. The number of ether oxygens (including phenoxy) is 1. The molecule has 0 aromatic rings. The van der Waals surface area contributed by atoms with E-state index in [0.29, 0.717) is 0 Å². The number of carbonyl (C=O) groups excluding carboxylic acids is 1. The maximum Gasteiger partial charge on any atom is 0.322 e. The molecule has 0 aromatic heterocycles. The minimum Gasteiger partial charge on any atom is -0.468 e. The zero-order valence-electron chi connectivity index (χ0n) is 11.9. The summed E-state index contributed by atoms with van der Waals surface area (Å²) in [4.78, 5) is 10.7. The van der Waals surface area contributed by atoms with Crippen molar-refractivity contribution in [3.05, 3.63) is 0 Å². The van der Waals surface area contributed by atoms with E-state index in [4.69, 9.17) is 5.11 Å². The summed E-state index contributed by atoms with van der Waals surface area (Å²) >= 11 is 0. The highest BCUT2D eigenvalue weighted by atomic mass is 16.5. The number of carbonyl (C=O) groups is 1. The SMILES string of the molecule is CC.COC(=O)C1CCCN1.OC1CCNCC1. The highest BCUT2D eigenvalue weighted by molar-refractivity contribution is 5.75. The van der Waals surface area contributed by atoms with Crippen LogP contribution in [0.5, 0.6) is 0 Å². The standard InChI is InChI=1S/C6H11NO2.C5H11NO.C2H6/c1-9-6(8)5-3-2-4-7-5;7-5-1-3-6-4-2-5;1-2/h5,7H,2-4H2,1H3;5-7H,1-4H2;1-2H3. The second-order valence-corrected chi connectivity index (χ2v) is 4.15. The minimum absolute atomic E-state index is 0.0266. The van der Waals surface area contributed by atoms with Gasteiger partial charge in [-0.2, -0.15) is 0 Å². The molecule has 2 aliphatic rings. The first-order valence-corrected chi connectivity index (χ1v) is 6.94. The van der Waals surface area contributed by atoms with Crippen LogP contribution in [0.4, 0.5) is 0 Å². The molecule has 108 valence electrons. The second kappa shape index (κ2) is 11.4. The van der Waals surface area contributed by atoms with E-state index >= 15 is 0 Å². The molecule has 0 aliphatic carbocycles. The average molecular weight is 260 g/mol. The largest absolute Gasteiger partial charge is 0.468 e. The number of piperidine rings is 1. The fourth-order valence-corrected chi connectivity index (χ4v) is 1.83. The number of rotatable bonds is 1. The first-order valence-electron chi connectivity index (χ1n) is 6.94. The van der Waals surface area contributed by atoms with Crippen molar-refractivity contribution < 1.29 is 14.6 Å². The van der Waals surface area contributed by atoms with Gasteiger partial charge in [-0.3, -0.25) is 4.79 Å². The normalized spacial score (nSPS) is 23.2. The quantitative estimate of drug-likeness (QED) is 0.605. The number of aliphatic hydroxyl groups is 1. The van der Waals surface area contributed by atoms with Gasteiger partial charge in [0.15, 0.2) is 0 Å². The molecule has 0 bridgehead atoms. The monoisotopic (exact) mass is 260 g/mol. The van der Waals surface area contributed by atoms with E-state index in [1.807, 2.05) is 13.8 Å². The number of nitrogens with one attached hydrogen (secondary N) is 2. The Balaban J connectivity index is 0.000000289. The molecule has 0 aromatic carbocycles. The van der Waals surface area contributed by atoms with Crippen LogP contribution in [0.15, 0.2) is 0 Å². The first-order chi connectivity index (χ1) is 8.74. The molecule has 0 amide bonds. The lowest BCUT2D eigenvalue weighted by Gasteiger charge is -2.16. The molecule has 1 atom stereocenters. The summed E-state index contributed by atoms with van der Waals surface area (Å²) in [5.41, 5.74) is 0. The van der Waals surface area contributed by atoms with Crippen LogP contribution in [0.1, 0.15) is 39.5 Å². The summed E-state index contributed by atoms with van der Waals surface area (Å²) in [5.74, 6) is -0.132. The first kappa shape index (κ1) is 17.4. The molecule has 3 N–H and O–H groups in total. The summed E-state index contributed by atoms with van der Waals surface area (Å²) in [7, 11) is 1.42. The van der Waals surface area contributed by atoms with Crippen molar-refractivity contribution >= 4 is 5.97 Å². The highest BCUT2D eigenvalue weighted by Crippen LogP contribution is 2.05. The Morgan fingerprint density at radius 3 is 2.11 bits per heavy atom. The molecule has 2 heterocycles. The highest BCUT2D eigenvalue weighted by Gasteiger charge is 2.21. The van der Waals surface area contributed by atoms with Crippen LogP contribution in [-0.4, -0.2) is 50.0 Å². The van der Waals surface area contributed by atoms with Crippen molar-refractivity contribution in [3.8, 4) is 0 Å². The molecule has 5 heteroatoms. The summed E-state index contributed by atoms with van der Waals surface area (Å²) in [6.07, 6.45) is 3.84. The smallest absolute Gasteiger partial charge is 0.322 e. The van der Waals surface area contributed by atoms with Gasteiger partial charge in [0, 0.05) is 0 Å². The molecule has 18 heavy (non-hydrogen) atoms. The van der Waals surface area contributed by atoms with Gasteiger partial charge >= 0.3 is 5.97 Å². The van der Waals surface area contributed by atoms with E-state index in [-0.39, 0.29) is 18.1 Å². The molecule has 2 rings (SSSR count). The third-order valence-corrected chi connectivity index (χ3v) is 2.85. The lowest BCUT2D eigenvalue weighted by molar-refractivity contribution is -0.142. The van der Waals surface area contributed by atoms with Crippen LogP contribution in [0, 0.1) is 0 Å². The van der Waals surface area contributed by atoms with Gasteiger partial charge in [-0.05, 0) is 45.3 Å². The zero-order chi connectivity index (χ0) is 13.8. The Labute approximate surface area is 110 Å². The van der Waals surface area contributed by atoms with E-state index in [2.05, 4.69) is 15.4 Å². The fraction of sp³-hybridized carbons (Fsp3) is 0.923. The van der Waals surface area contributed by atoms with Gasteiger partial charge in [0.2, 0.25) is 0 Å². The van der Waals surface area contributed by atoms with Crippen LogP contribution < -0.4 is 10.6 Å². The van der Waals surface area contributed by atoms with E-state index in [1.54, 1.807) is 0 Å². The van der Waals surface area contributed by atoms with E-state index in [9.17, 15) is 4.79 Å². The molecule has 5 nitrogen and oxygen atoms in total. The molecule has 0 saturated carbocycles. The summed E-state index contributed by atoms with van der Waals surface area (Å²) in [6, 6.07) is -0.0324. The van der Waals surface area contributed by atoms with Crippen molar-refractivity contribution in [2.45, 2.75) is 51.7 Å². The van der Waals surface area contributed by atoms with Crippen LogP contribution in [0.2, 0.25) is 0 Å². The predicted molar refractivity (Wildman–Crippen MR) is 72.5 cm³/mol. The maximum atomic E-state index is 10.7. The van der Waals surface area contributed by atoms with Gasteiger partial charge in [0.05, 0.1) is 13.2 Å². The zero-order valence-corrected chi connectivity index (χ0v) is 11.9. The number of esters is 1. The van der Waals surface area contributed by atoms with E-state index < -0.39 is 0 Å². The van der Waals surface area contributed by atoms with Gasteiger partial charge in [-0.25, -0.2) is 0 Å². The van der Waals surface area contributed by atoms with Crippen molar-refractivity contribution in [1.29, 1.82) is 0 Å². The fourth-order valence-electron chi connectivity index (χ4n) is 1.83. The Morgan fingerprint density at radius 2 is 1.78 bits per heavy atom. The molecule has 0 spiro atoms. The molecule has 2 aliphatic heterocycles. The summed E-state index contributed by atoms with van der Waals surface area (Å²) < 4.78 is 4.53. The van der Waals surface area contributed by atoms with Gasteiger partial charge < -0.3 is 20.5 Å². The topological polar surface area (TPSA) is 70.6 Å². The predicted octanol–water partition coefficient (Wildman–Crippen LogP) is 0.668. The Hall–Kier alpha value is -0.650. The van der Waals surface area contributed by atoms with Crippen molar-refractivity contribution in [3.63, 3.8) is 0 Å². The van der Waals surface area contributed by atoms with Gasteiger partial charge in [-0.15, -0.1) is 0 Å². The average Bonchev–Trinajstić information content (AvgIpc) is 2.96. The third-order valence-electron chi connectivity index (χ3n) is 2.85. The van der Waals surface area contributed by atoms with Gasteiger partial charge in [-0.1, -0.05) is 13.8 Å². The van der Waals surface area contributed by atoms with Crippen LogP contribution in [0.25, 0.3) is 0 Å². The Morgan fingerprint density at radius 1 is 1.17 bits per heavy atom. The van der Waals surface area contributed by atoms with Crippen LogP contribution in [-0.2, 0) is 9.53 Å². The van der Waals surface area contributed by atoms with E-state index in [1.165, 1.54) is 7.11 Å². The molecule has 1 unspecified atom stereocenters. The lowest BCUT2D eigenvalue weighted by atomic mass is 10.1. The number of hydrogen-bond acceptors (Lipinski definition) is 5. The minimum atomic E-state index is -0.132. The van der Waals surface area contributed by atoms with E-state index in [0.717, 1.165) is 45.3 Å². The Kier molecular flexibility index (Phi) is 11.0. The molecule has 0 radical (unpaired) electrons. The lowest BCUT2D eigenvalue weighted by Crippen LogP contribution is -2.31. The number of aliphatic hydroxyl groups excluding tert-OH is 1. The molecule has 2 saturated heterocycles. The number of hydrogen-bond donors (Lipinski definition) is 3. The van der Waals surface area contributed by atoms with Crippen molar-refractivity contribution in [1.82, 2.24) is 10.6 Å². The molecular weight excluding hydrogens is 232 g/mol. The summed E-state index contributed by atoms with van der Waals surface area (Å²) in [6.45, 7) is 6.92.